The Morgan fingerprint density at radius 3 is 2.75 bits per heavy atom. The van der Waals surface area contributed by atoms with E-state index in [9.17, 15) is 9.18 Å². The van der Waals surface area contributed by atoms with Crippen molar-refractivity contribution in [2.45, 2.75) is 12.2 Å². The Labute approximate surface area is 98.4 Å². The highest BCUT2D eigenvalue weighted by Gasteiger charge is 2.06. The average Bonchev–Trinajstić information content (AvgIpc) is 2.26. The summed E-state index contributed by atoms with van der Waals surface area (Å²) in [5.41, 5.74) is 11.2. The van der Waals surface area contributed by atoms with Crippen molar-refractivity contribution in [3.63, 3.8) is 0 Å². The van der Waals surface area contributed by atoms with Crippen LogP contribution in [0.15, 0.2) is 18.2 Å². The van der Waals surface area contributed by atoms with Crippen LogP contribution < -0.4 is 11.5 Å². The second kappa shape index (κ2) is 6.50. The van der Waals surface area contributed by atoms with Gasteiger partial charge in [-0.3, -0.25) is 4.79 Å². The van der Waals surface area contributed by atoms with Gasteiger partial charge in [-0.1, -0.05) is 6.07 Å². The molecular weight excluding hydrogens is 227 g/mol. The van der Waals surface area contributed by atoms with Crippen LogP contribution in [0, 0.1) is 5.82 Å². The Morgan fingerprint density at radius 2 is 2.19 bits per heavy atom. The molecule has 3 nitrogen and oxygen atoms in total. The van der Waals surface area contributed by atoms with Crippen LogP contribution >= 0.6 is 11.8 Å². The molecule has 0 unspecified atom stereocenters. The maximum Gasteiger partial charge on any atom is 0.248 e. The molecule has 1 amide bonds. The number of carbonyl (C=O) groups excluding carboxylic acids is 1. The zero-order valence-electron chi connectivity index (χ0n) is 8.91. The predicted molar refractivity (Wildman–Crippen MR) is 64.8 cm³/mol. The molecule has 0 atom stereocenters. The van der Waals surface area contributed by atoms with E-state index in [1.54, 1.807) is 23.9 Å². The summed E-state index contributed by atoms with van der Waals surface area (Å²) in [5.74, 6) is 0.510. The highest BCUT2D eigenvalue weighted by atomic mass is 32.2. The third kappa shape index (κ3) is 3.83. The van der Waals surface area contributed by atoms with Gasteiger partial charge < -0.3 is 11.5 Å². The summed E-state index contributed by atoms with van der Waals surface area (Å²) in [6.07, 6.45) is 0.922. The van der Waals surface area contributed by atoms with Gasteiger partial charge in [-0.25, -0.2) is 4.39 Å². The molecule has 88 valence electrons. The molecule has 0 aliphatic heterocycles. The number of halogens is 1. The topological polar surface area (TPSA) is 69.1 Å². The van der Waals surface area contributed by atoms with Gasteiger partial charge in [-0.15, -0.1) is 0 Å². The summed E-state index contributed by atoms with van der Waals surface area (Å²) >= 11 is 1.62. The number of amides is 1. The fraction of sp³-hybridized carbons (Fsp3) is 0.364. The molecule has 0 spiro atoms. The fourth-order valence-corrected chi connectivity index (χ4v) is 2.15. The lowest BCUT2D eigenvalue weighted by atomic mass is 10.1. The van der Waals surface area contributed by atoms with Crippen molar-refractivity contribution in [3.8, 4) is 0 Å². The molecule has 0 aromatic heterocycles. The van der Waals surface area contributed by atoms with Crippen molar-refractivity contribution in [3.05, 3.63) is 35.1 Å². The van der Waals surface area contributed by atoms with E-state index in [4.69, 9.17) is 11.5 Å². The van der Waals surface area contributed by atoms with E-state index in [0.717, 1.165) is 12.2 Å². The Bertz CT molecular complexity index is 371. The van der Waals surface area contributed by atoms with E-state index in [2.05, 4.69) is 0 Å². The number of thioether (sulfide) groups is 1. The van der Waals surface area contributed by atoms with Gasteiger partial charge in [0.25, 0.3) is 0 Å². The van der Waals surface area contributed by atoms with Gasteiger partial charge in [0, 0.05) is 11.3 Å². The third-order valence-corrected chi connectivity index (χ3v) is 3.18. The summed E-state index contributed by atoms with van der Waals surface area (Å²) in [6, 6.07) is 4.33. The van der Waals surface area contributed by atoms with E-state index in [-0.39, 0.29) is 11.4 Å². The molecule has 0 bridgehead atoms. The lowest BCUT2D eigenvalue weighted by molar-refractivity contribution is 0.1000. The first-order valence-corrected chi connectivity index (χ1v) is 6.16. The zero-order chi connectivity index (χ0) is 12.0. The second-order valence-corrected chi connectivity index (χ2v) is 4.47. The molecule has 1 rings (SSSR count). The van der Waals surface area contributed by atoms with E-state index in [1.807, 2.05) is 0 Å². The highest BCUT2D eigenvalue weighted by molar-refractivity contribution is 7.98. The standard InChI is InChI=1S/C11H15FN2OS/c12-10-6-8(11(14)15)2-3-9(10)7-16-5-1-4-13/h2-3,6H,1,4-5,7,13H2,(H2,14,15). The summed E-state index contributed by atoms with van der Waals surface area (Å²) < 4.78 is 13.5. The maximum atomic E-state index is 13.5. The molecule has 16 heavy (non-hydrogen) atoms. The molecule has 1 aromatic carbocycles. The smallest absolute Gasteiger partial charge is 0.248 e. The summed E-state index contributed by atoms with van der Waals surface area (Å²) in [6.45, 7) is 0.649. The van der Waals surface area contributed by atoms with Crippen LogP contribution in [-0.4, -0.2) is 18.2 Å². The number of primary amides is 1. The summed E-state index contributed by atoms with van der Waals surface area (Å²) in [4.78, 5) is 10.8. The van der Waals surface area contributed by atoms with Gasteiger partial charge in [-0.2, -0.15) is 11.8 Å². The average molecular weight is 242 g/mol. The highest BCUT2D eigenvalue weighted by Crippen LogP contribution is 2.17. The number of rotatable bonds is 6. The van der Waals surface area contributed by atoms with Crippen LogP contribution in [0.2, 0.25) is 0 Å². The first-order valence-electron chi connectivity index (χ1n) is 5.01. The minimum Gasteiger partial charge on any atom is -0.366 e. The van der Waals surface area contributed by atoms with Crippen LogP contribution in [-0.2, 0) is 5.75 Å². The monoisotopic (exact) mass is 242 g/mol. The van der Waals surface area contributed by atoms with Crippen molar-refractivity contribution in [2.75, 3.05) is 12.3 Å². The predicted octanol–water partition coefficient (Wildman–Crippen LogP) is 1.51. The van der Waals surface area contributed by atoms with Crippen LogP contribution in [0.25, 0.3) is 0 Å². The normalized spacial score (nSPS) is 10.4. The number of hydrogen-bond donors (Lipinski definition) is 2. The first kappa shape index (κ1) is 13.0. The van der Waals surface area contributed by atoms with Gasteiger partial charge >= 0.3 is 0 Å². The van der Waals surface area contributed by atoms with Gasteiger partial charge in [-0.05, 0) is 36.4 Å². The van der Waals surface area contributed by atoms with E-state index in [0.29, 0.717) is 17.9 Å². The van der Waals surface area contributed by atoms with Gasteiger partial charge in [0.15, 0.2) is 0 Å². The minimum atomic E-state index is -0.610. The van der Waals surface area contributed by atoms with Crippen molar-refractivity contribution in [2.24, 2.45) is 11.5 Å². The van der Waals surface area contributed by atoms with E-state index < -0.39 is 5.91 Å². The van der Waals surface area contributed by atoms with Crippen molar-refractivity contribution in [1.29, 1.82) is 0 Å². The Hall–Kier alpha value is -1.07. The Kier molecular flexibility index (Phi) is 5.28. The van der Waals surface area contributed by atoms with E-state index >= 15 is 0 Å². The van der Waals surface area contributed by atoms with Gasteiger partial charge in [0.05, 0.1) is 0 Å². The third-order valence-electron chi connectivity index (χ3n) is 2.09. The number of hydrogen-bond acceptors (Lipinski definition) is 3. The van der Waals surface area contributed by atoms with Crippen molar-refractivity contribution in [1.82, 2.24) is 0 Å². The number of carbonyl (C=O) groups is 1. The first-order chi connectivity index (χ1) is 7.65. The molecule has 0 saturated heterocycles. The van der Waals surface area contributed by atoms with Crippen LogP contribution in [0.3, 0.4) is 0 Å². The lowest BCUT2D eigenvalue weighted by Crippen LogP contribution is -2.11. The quantitative estimate of drug-likeness (QED) is 0.743. The molecule has 0 radical (unpaired) electrons. The summed E-state index contributed by atoms with van der Waals surface area (Å²) in [5, 5.41) is 0. The summed E-state index contributed by atoms with van der Waals surface area (Å²) in [7, 11) is 0. The Balaban J connectivity index is 2.57. The van der Waals surface area contributed by atoms with E-state index in [1.165, 1.54) is 6.07 Å². The zero-order valence-corrected chi connectivity index (χ0v) is 9.73. The Morgan fingerprint density at radius 1 is 1.44 bits per heavy atom. The SMILES string of the molecule is NCCCSCc1ccc(C(N)=O)cc1F. The molecule has 4 N–H and O–H groups in total. The molecular formula is C11H15FN2OS. The molecule has 1 aromatic rings. The maximum absolute atomic E-state index is 13.5. The molecule has 0 fully saturated rings. The van der Waals surface area contributed by atoms with Crippen LogP contribution in [0.1, 0.15) is 22.3 Å². The number of nitrogens with two attached hydrogens (primary N) is 2. The molecule has 0 heterocycles. The van der Waals surface area contributed by atoms with Crippen LogP contribution in [0.4, 0.5) is 4.39 Å². The van der Waals surface area contributed by atoms with Crippen molar-refractivity contribution >= 4 is 17.7 Å². The van der Waals surface area contributed by atoms with Gasteiger partial charge in [0.1, 0.15) is 5.82 Å². The number of benzene rings is 1. The molecule has 0 aliphatic carbocycles. The molecule has 0 saturated carbocycles. The fourth-order valence-electron chi connectivity index (χ4n) is 1.19. The largest absolute Gasteiger partial charge is 0.366 e. The van der Waals surface area contributed by atoms with Gasteiger partial charge in [0.2, 0.25) is 5.91 Å². The minimum absolute atomic E-state index is 0.202. The lowest BCUT2D eigenvalue weighted by Gasteiger charge is -2.04. The van der Waals surface area contributed by atoms with Crippen LogP contribution in [0.5, 0.6) is 0 Å². The molecule has 0 aliphatic rings. The van der Waals surface area contributed by atoms with Crippen molar-refractivity contribution < 1.29 is 9.18 Å². The second-order valence-electron chi connectivity index (χ2n) is 3.37. The molecule has 5 heteroatoms.